The molecule has 0 saturated heterocycles. The van der Waals surface area contributed by atoms with Gasteiger partial charge in [-0.3, -0.25) is 14.5 Å². The molecule has 7 nitrogen and oxygen atoms in total. The molecule has 1 aliphatic rings. The van der Waals surface area contributed by atoms with Crippen molar-refractivity contribution in [1.82, 2.24) is 14.1 Å². The van der Waals surface area contributed by atoms with Crippen molar-refractivity contribution < 1.29 is 14.3 Å². The minimum Gasteiger partial charge on any atom is -0.497 e. The van der Waals surface area contributed by atoms with E-state index < -0.39 is 6.04 Å². The van der Waals surface area contributed by atoms with Gasteiger partial charge in [0.1, 0.15) is 11.8 Å². The normalized spacial score (nSPS) is 15.0. The molecule has 8 heteroatoms. The van der Waals surface area contributed by atoms with Crippen LogP contribution < -0.4 is 15.0 Å². The monoisotopic (exact) mass is 450 g/mol. The molecule has 32 heavy (non-hydrogen) atoms. The molecule has 1 N–H and O–H groups in total. The molecular formula is C24H26N4O3S. The number of carbonyl (C=O) groups is 2. The Labute approximate surface area is 191 Å². The van der Waals surface area contributed by atoms with Crippen molar-refractivity contribution in [1.29, 1.82) is 0 Å². The second-order valence-corrected chi connectivity index (χ2v) is 8.38. The van der Waals surface area contributed by atoms with Crippen LogP contribution in [0.15, 0.2) is 60.8 Å². The zero-order valence-electron chi connectivity index (χ0n) is 17.9. The highest BCUT2D eigenvalue weighted by Crippen LogP contribution is 2.32. The molecule has 0 bridgehead atoms. The third kappa shape index (κ3) is 4.96. The van der Waals surface area contributed by atoms with Crippen LogP contribution in [0.25, 0.3) is 0 Å². The number of aromatic nitrogens is 2. The van der Waals surface area contributed by atoms with Crippen LogP contribution in [0.2, 0.25) is 0 Å². The van der Waals surface area contributed by atoms with Crippen LogP contribution in [0.1, 0.15) is 54.2 Å². The van der Waals surface area contributed by atoms with E-state index in [1.807, 2.05) is 30.3 Å². The molecule has 0 radical (unpaired) electrons. The first-order chi connectivity index (χ1) is 15.7. The fraction of sp³-hybridized carbons (Fsp3) is 0.333. The van der Waals surface area contributed by atoms with Gasteiger partial charge in [-0.25, -0.2) is 0 Å². The van der Waals surface area contributed by atoms with E-state index in [1.165, 1.54) is 17.5 Å². The maximum Gasteiger partial charge on any atom is 0.280 e. The molecule has 1 fully saturated rings. The van der Waals surface area contributed by atoms with E-state index in [0.29, 0.717) is 11.4 Å². The molecule has 1 aliphatic carbocycles. The molecule has 0 spiro atoms. The Bertz CT molecular complexity index is 1040. The number of hydrogen-bond donors (Lipinski definition) is 1. The SMILES string of the molecule is COc1cccc(N(C(=O)c2cnsn2)[C@@H](C(=O)NC2CCCCC2)c2ccccc2)c1. The summed E-state index contributed by atoms with van der Waals surface area (Å²) in [7, 11) is 1.57. The van der Waals surface area contributed by atoms with Crippen LogP contribution in [0.4, 0.5) is 5.69 Å². The first-order valence-corrected chi connectivity index (χ1v) is 11.5. The Kier molecular flexibility index (Phi) is 7.11. The fourth-order valence-electron chi connectivity index (χ4n) is 4.11. The van der Waals surface area contributed by atoms with Gasteiger partial charge in [-0.2, -0.15) is 8.75 Å². The smallest absolute Gasteiger partial charge is 0.280 e. The lowest BCUT2D eigenvalue weighted by Gasteiger charge is -2.33. The number of ether oxygens (including phenoxy) is 1. The molecule has 3 aromatic rings. The Morgan fingerprint density at radius 1 is 1.09 bits per heavy atom. The van der Waals surface area contributed by atoms with Crippen molar-refractivity contribution >= 4 is 29.2 Å². The molecule has 1 aromatic heterocycles. The summed E-state index contributed by atoms with van der Waals surface area (Å²) in [5.41, 5.74) is 1.47. The molecule has 1 heterocycles. The lowest BCUT2D eigenvalue weighted by atomic mass is 9.94. The minimum atomic E-state index is -0.862. The molecule has 2 amide bonds. The van der Waals surface area contributed by atoms with Crippen LogP contribution in [0.3, 0.4) is 0 Å². The summed E-state index contributed by atoms with van der Waals surface area (Å²) in [6.07, 6.45) is 6.74. The third-order valence-electron chi connectivity index (χ3n) is 5.70. The molecular weight excluding hydrogens is 424 g/mol. The van der Waals surface area contributed by atoms with Crippen molar-refractivity contribution in [3.8, 4) is 5.75 Å². The van der Waals surface area contributed by atoms with E-state index in [2.05, 4.69) is 14.1 Å². The van der Waals surface area contributed by atoms with Gasteiger partial charge >= 0.3 is 0 Å². The van der Waals surface area contributed by atoms with Crippen LogP contribution in [-0.4, -0.2) is 33.7 Å². The van der Waals surface area contributed by atoms with Gasteiger partial charge in [0.2, 0.25) is 5.91 Å². The highest BCUT2D eigenvalue weighted by atomic mass is 32.1. The van der Waals surface area contributed by atoms with E-state index in [4.69, 9.17) is 4.74 Å². The fourth-order valence-corrected chi connectivity index (χ4v) is 4.51. The summed E-state index contributed by atoms with van der Waals surface area (Å²) >= 11 is 0.960. The molecule has 1 saturated carbocycles. The van der Waals surface area contributed by atoms with Gasteiger partial charge < -0.3 is 10.1 Å². The van der Waals surface area contributed by atoms with Crippen molar-refractivity contribution in [2.24, 2.45) is 0 Å². The number of amides is 2. The standard InChI is InChI=1S/C24H26N4O3S/c1-31-20-14-8-13-19(15-20)28(24(30)21-16-25-32-27-21)22(17-9-4-2-5-10-17)23(29)26-18-11-6-3-7-12-18/h2,4-5,8-10,13-16,18,22H,3,6-7,11-12H2,1H3,(H,26,29)/t22-/m1/s1. The molecule has 4 rings (SSSR count). The first-order valence-electron chi connectivity index (χ1n) is 10.8. The van der Waals surface area contributed by atoms with E-state index in [0.717, 1.165) is 43.0 Å². The van der Waals surface area contributed by atoms with Crippen molar-refractivity contribution in [3.63, 3.8) is 0 Å². The summed E-state index contributed by atoms with van der Waals surface area (Å²) in [6, 6.07) is 15.8. The van der Waals surface area contributed by atoms with Crippen LogP contribution in [-0.2, 0) is 4.79 Å². The van der Waals surface area contributed by atoms with Gasteiger partial charge in [0.05, 0.1) is 25.0 Å². The average molecular weight is 451 g/mol. The number of methoxy groups -OCH3 is 1. The number of anilines is 1. The zero-order valence-corrected chi connectivity index (χ0v) is 18.8. The average Bonchev–Trinajstić information content (AvgIpc) is 3.38. The minimum absolute atomic E-state index is 0.116. The molecule has 0 aliphatic heterocycles. The maximum absolute atomic E-state index is 13.7. The number of carbonyl (C=O) groups excluding carboxylic acids is 2. The first kappa shape index (κ1) is 22.0. The lowest BCUT2D eigenvalue weighted by Crippen LogP contribution is -2.47. The van der Waals surface area contributed by atoms with Gasteiger partial charge in [-0.1, -0.05) is 55.7 Å². The van der Waals surface area contributed by atoms with Crippen molar-refractivity contribution in [2.75, 3.05) is 12.0 Å². The third-order valence-corrected chi connectivity index (χ3v) is 6.18. The molecule has 0 unspecified atom stereocenters. The molecule has 166 valence electrons. The number of nitrogens with zero attached hydrogens (tertiary/aromatic N) is 3. The Balaban J connectivity index is 1.78. The molecule has 1 atom stereocenters. The predicted octanol–water partition coefficient (Wildman–Crippen LogP) is 4.38. The highest BCUT2D eigenvalue weighted by Gasteiger charge is 2.35. The maximum atomic E-state index is 13.7. The Morgan fingerprint density at radius 3 is 2.56 bits per heavy atom. The quantitative estimate of drug-likeness (QED) is 0.577. The summed E-state index contributed by atoms with van der Waals surface area (Å²) in [5.74, 6) is -0.00156. The van der Waals surface area contributed by atoms with Gasteiger partial charge in [0.15, 0.2) is 5.69 Å². The Morgan fingerprint density at radius 2 is 1.88 bits per heavy atom. The number of benzene rings is 2. The molecule has 2 aromatic carbocycles. The largest absolute Gasteiger partial charge is 0.497 e. The van der Waals surface area contributed by atoms with Crippen LogP contribution >= 0.6 is 11.7 Å². The number of hydrogen-bond acceptors (Lipinski definition) is 6. The van der Waals surface area contributed by atoms with Crippen LogP contribution in [0, 0.1) is 0 Å². The summed E-state index contributed by atoms with van der Waals surface area (Å²) in [6.45, 7) is 0. The van der Waals surface area contributed by atoms with Gasteiger partial charge in [0, 0.05) is 17.8 Å². The van der Waals surface area contributed by atoms with E-state index in [1.54, 1.807) is 31.4 Å². The number of rotatable bonds is 7. The highest BCUT2D eigenvalue weighted by molar-refractivity contribution is 6.99. The summed E-state index contributed by atoms with van der Waals surface area (Å²) in [4.78, 5) is 28.8. The lowest BCUT2D eigenvalue weighted by molar-refractivity contribution is -0.123. The predicted molar refractivity (Wildman–Crippen MR) is 124 cm³/mol. The Hall–Kier alpha value is -3.26. The van der Waals surface area contributed by atoms with Gasteiger partial charge in [-0.15, -0.1) is 0 Å². The van der Waals surface area contributed by atoms with E-state index >= 15 is 0 Å². The number of nitrogens with one attached hydrogen (secondary N) is 1. The second kappa shape index (κ2) is 10.4. The zero-order chi connectivity index (χ0) is 22.3. The van der Waals surface area contributed by atoms with Gasteiger partial charge in [-0.05, 0) is 30.5 Å². The summed E-state index contributed by atoms with van der Waals surface area (Å²) < 4.78 is 13.5. The van der Waals surface area contributed by atoms with Crippen LogP contribution in [0.5, 0.6) is 5.75 Å². The second-order valence-electron chi connectivity index (χ2n) is 7.83. The summed E-state index contributed by atoms with van der Waals surface area (Å²) in [5, 5.41) is 3.20. The van der Waals surface area contributed by atoms with Gasteiger partial charge in [0.25, 0.3) is 5.91 Å². The van der Waals surface area contributed by atoms with Crippen molar-refractivity contribution in [3.05, 3.63) is 72.1 Å². The van der Waals surface area contributed by atoms with Crippen molar-refractivity contribution in [2.45, 2.75) is 44.2 Å². The van der Waals surface area contributed by atoms with E-state index in [9.17, 15) is 9.59 Å². The topological polar surface area (TPSA) is 84.4 Å². The van der Waals surface area contributed by atoms with E-state index in [-0.39, 0.29) is 23.6 Å².